The van der Waals surface area contributed by atoms with Crippen LogP contribution in [0, 0.1) is 0 Å². The van der Waals surface area contributed by atoms with Gasteiger partial charge in [0.1, 0.15) is 5.75 Å². The van der Waals surface area contributed by atoms with Crippen LogP contribution in [0.3, 0.4) is 0 Å². The highest BCUT2D eigenvalue weighted by Crippen LogP contribution is 2.66. The van der Waals surface area contributed by atoms with E-state index >= 15 is 0 Å². The third-order valence-corrected chi connectivity index (χ3v) is 5.51. The molecule has 2 unspecified atom stereocenters. The van der Waals surface area contributed by atoms with Gasteiger partial charge >= 0.3 is 29.4 Å². The van der Waals surface area contributed by atoms with E-state index in [0.29, 0.717) is 0 Å². The van der Waals surface area contributed by atoms with Gasteiger partial charge in [0.15, 0.2) is 0 Å². The molecule has 124 valence electrons. The first-order valence-electron chi connectivity index (χ1n) is 4.96. The van der Waals surface area contributed by atoms with Crippen LogP contribution in [-0.4, -0.2) is 30.6 Å². The van der Waals surface area contributed by atoms with E-state index in [1.807, 2.05) is 0 Å². The maximum Gasteiger partial charge on any atom is 0.536 e. The summed E-state index contributed by atoms with van der Waals surface area (Å²) in [6.45, 7) is 0. The Morgan fingerprint density at radius 1 is 0.864 bits per heavy atom. The number of carboxylic acid groups (broad SMARTS) is 1. The Bertz CT molecular complexity index is 689. The van der Waals surface area contributed by atoms with Crippen LogP contribution in [0.1, 0.15) is 10.4 Å². The molecule has 0 fully saturated rings. The summed E-state index contributed by atoms with van der Waals surface area (Å²) in [5.74, 6) is -1.68. The van der Waals surface area contributed by atoms with Crippen LogP contribution in [0.2, 0.25) is 0 Å². The van der Waals surface area contributed by atoms with Crippen molar-refractivity contribution in [2.75, 3.05) is 0 Å². The molecule has 22 heavy (non-hydrogen) atoms. The Kier molecular flexibility index (Phi) is 5.69. The Morgan fingerprint density at radius 3 is 1.77 bits per heavy atom. The Balaban J connectivity index is 2.83. The molecule has 0 radical (unpaired) electrons. The molecule has 1 aromatic rings. The normalized spacial score (nSPS) is 17.3. The van der Waals surface area contributed by atoms with Crippen LogP contribution in [0.15, 0.2) is 24.3 Å². The lowest BCUT2D eigenvalue weighted by molar-refractivity contribution is 0.0696. The summed E-state index contributed by atoms with van der Waals surface area (Å²) in [6.07, 6.45) is 0. The molecule has 0 saturated heterocycles. The van der Waals surface area contributed by atoms with E-state index in [0.717, 1.165) is 24.3 Å². The molecule has 0 saturated carbocycles. The van der Waals surface area contributed by atoms with Crippen molar-refractivity contribution in [3.8, 4) is 5.75 Å². The van der Waals surface area contributed by atoms with E-state index in [4.69, 9.17) is 19.8 Å². The van der Waals surface area contributed by atoms with Gasteiger partial charge in [-0.15, -0.1) is 0 Å². The fraction of sp³-hybridized carbons (Fsp3) is 0. The van der Waals surface area contributed by atoms with Crippen LogP contribution in [0.5, 0.6) is 5.75 Å². The van der Waals surface area contributed by atoms with Gasteiger partial charge < -0.3 is 24.3 Å². The minimum atomic E-state index is -5.59. The van der Waals surface area contributed by atoms with Gasteiger partial charge in [0.25, 0.3) is 0 Å². The molecule has 0 amide bonds. The van der Waals surface area contributed by atoms with Gasteiger partial charge in [-0.2, -0.15) is 8.62 Å². The average molecular weight is 378 g/mol. The van der Waals surface area contributed by atoms with Crippen molar-refractivity contribution >= 4 is 29.4 Å². The second-order valence-electron chi connectivity index (χ2n) is 3.51. The zero-order chi connectivity index (χ0) is 17.2. The van der Waals surface area contributed by atoms with Crippen LogP contribution in [0.4, 0.5) is 0 Å². The van der Waals surface area contributed by atoms with Crippen LogP contribution in [0.25, 0.3) is 0 Å². The van der Waals surface area contributed by atoms with Crippen molar-refractivity contribution in [3.05, 3.63) is 29.8 Å². The first-order chi connectivity index (χ1) is 9.80. The molecular weight excluding hydrogens is 369 g/mol. The first-order valence-corrected chi connectivity index (χ1v) is 9.49. The fourth-order valence-electron chi connectivity index (χ4n) is 1.09. The molecule has 0 aliphatic carbocycles. The van der Waals surface area contributed by atoms with E-state index < -0.39 is 35.2 Å². The third-order valence-electron chi connectivity index (χ3n) is 1.74. The van der Waals surface area contributed by atoms with Gasteiger partial charge in [0.2, 0.25) is 0 Å². The quantitative estimate of drug-likeness (QED) is 0.424. The number of carbonyl (C=O) groups is 1. The summed E-state index contributed by atoms with van der Waals surface area (Å²) in [7, 11) is -16.3. The van der Waals surface area contributed by atoms with Crippen molar-refractivity contribution in [2.45, 2.75) is 0 Å². The highest BCUT2D eigenvalue weighted by atomic mass is 31.3. The number of benzene rings is 1. The van der Waals surface area contributed by atoms with E-state index in [-0.39, 0.29) is 5.56 Å². The van der Waals surface area contributed by atoms with Crippen molar-refractivity contribution < 1.29 is 56.3 Å². The standard InChI is InChI=1S/C7H9O12P3/c8-7(9)5-1-3-6(4-2-5)17-21(13,14)19-22(15,16)18-20(10,11)12/h1-4H,(H,8,9)(H,13,14)(H,15,16)(H2,10,11,12). The monoisotopic (exact) mass is 378 g/mol. The molecule has 0 aliphatic heterocycles. The van der Waals surface area contributed by atoms with E-state index in [2.05, 4.69) is 13.1 Å². The van der Waals surface area contributed by atoms with Gasteiger partial charge in [0, 0.05) is 0 Å². The Labute approximate surface area is 122 Å². The van der Waals surface area contributed by atoms with Crippen molar-refractivity contribution in [1.82, 2.24) is 0 Å². The SMILES string of the molecule is O=C(O)c1ccc(OP(=O)(O)OP(=O)(O)OP(=O)(O)O)cc1. The number of phosphoric ester groups is 1. The summed E-state index contributed by atoms with van der Waals surface area (Å²) in [5.41, 5.74) is -0.168. The number of carboxylic acids is 1. The fourth-order valence-corrected chi connectivity index (χ4v) is 4.12. The summed E-state index contributed by atoms with van der Waals surface area (Å²) in [6, 6.07) is 3.90. The van der Waals surface area contributed by atoms with Crippen LogP contribution in [-0.2, 0) is 22.3 Å². The molecule has 5 N–H and O–H groups in total. The zero-order valence-electron chi connectivity index (χ0n) is 10.2. The highest BCUT2D eigenvalue weighted by Gasteiger charge is 2.41. The molecular formula is C7H9O12P3. The molecule has 1 rings (SSSR count). The van der Waals surface area contributed by atoms with Gasteiger partial charge in [0.05, 0.1) is 5.56 Å². The molecule has 0 spiro atoms. The van der Waals surface area contributed by atoms with E-state index in [9.17, 15) is 23.4 Å². The maximum atomic E-state index is 11.4. The third kappa shape index (κ3) is 6.80. The number of phosphoric acid groups is 3. The summed E-state index contributed by atoms with van der Waals surface area (Å²) >= 11 is 0. The summed E-state index contributed by atoms with van der Waals surface area (Å²) < 4.78 is 44.2. The molecule has 0 heterocycles. The summed E-state index contributed by atoms with van der Waals surface area (Å²) in [4.78, 5) is 45.4. The molecule has 2 atom stereocenters. The number of hydrogen-bond acceptors (Lipinski definition) is 7. The van der Waals surface area contributed by atoms with E-state index in [1.54, 1.807) is 0 Å². The maximum absolute atomic E-state index is 11.4. The molecule has 12 nitrogen and oxygen atoms in total. The van der Waals surface area contributed by atoms with E-state index in [1.165, 1.54) is 0 Å². The zero-order valence-corrected chi connectivity index (χ0v) is 12.9. The molecule has 0 aliphatic rings. The predicted molar refractivity (Wildman–Crippen MR) is 67.9 cm³/mol. The average Bonchev–Trinajstić information content (AvgIpc) is 2.23. The van der Waals surface area contributed by atoms with Crippen LogP contribution < -0.4 is 4.52 Å². The largest absolute Gasteiger partial charge is 0.536 e. The lowest BCUT2D eigenvalue weighted by Gasteiger charge is -2.16. The van der Waals surface area contributed by atoms with Crippen molar-refractivity contribution in [3.63, 3.8) is 0 Å². The molecule has 0 aromatic heterocycles. The molecule has 1 aromatic carbocycles. The van der Waals surface area contributed by atoms with Crippen LogP contribution >= 0.6 is 23.5 Å². The smallest absolute Gasteiger partial charge is 0.478 e. The van der Waals surface area contributed by atoms with Gasteiger partial charge in [-0.1, -0.05) is 0 Å². The lowest BCUT2D eigenvalue weighted by atomic mass is 10.2. The molecule has 0 bridgehead atoms. The van der Waals surface area contributed by atoms with Gasteiger partial charge in [-0.05, 0) is 24.3 Å². The second-order valence-corrected chi connectivity index (χ2v) is 7.86. The predicted octanol–water partition coefficient (Wildman–Crippen LogP) is 1.09. The minimum absolute atomic E-state index is 0.168. The van der Waals surface area contributed by atoms with Gasteiger partial charge in [-0.3, -0.25) is 4.89 Å². The Hall–Kier alpha value is -1.06. The van der Waals surface area contributed by atoms with Crippen molar-refractivity contribution in [1.29, 1.82) is 0 Å². The number of hydrogen-bond donors (Lipinski definition) is 5. The second kappa shape index (κ2) is 6.59. The minimum Gasteiger partial charge on any atom is -0.478 e. The van der Waals surface area contributed by atoms with Gasteiger partial charge in [-0.25, -0.2) is 18.5 Å². The first kappa shape index (κ1) is 19.0. The lowest BCUT2D eigenvalue weighted by Crippen LogP contribution is -1.99. The Morgan fingerprint density at radius 2 is 1.36 bits per heavy atom. The number of aromatic carboxylic acids is 1. The topological polar surface area (TPSA) is 197 Å². The molecule has 15 heteroatoms. The van der Waals surface area contributed by atoms with Crippen molar-refractivity contribution in [2.24, 2.45) is 0 Å². The summed E-state index contributed by atoms with van der Waals surface area (Å²) in [5, 5.41) is 8.64. The number of rotatable bonds is 7. The highest BCUT2D eigenvalue weighted by molar-refractivity contribution is 7.66.